The number of carbonyl (C=O) groups is 2. The molecule has 0 spiro atoms. The molecule has 0 aromatic heterocycles. The summed E-state index contributed by atoms with van der Waals surface area (Å²) in [7, 11) is 0. The number of Topliss-reactive ketones (excluding diaryl/α,β-unsaturated/α-hetero) is 1. The Morgan fingerprint density at radius 1 is 1.13 bits per heavy atom. The summed E-state index contributed by atoms with van der Waals surface area (Å²) >= 11 is 0. The number of benzene rings is 2. The van der Waals surface area contributed by atoms with E-state index in [1.54, 1.807) is 30.3 Å². The van der Waals surface area contributed by atoms with E-state index in [4.69, 9.17) is 9.84 Å². The molecule has 0 bridgehead atoms. The van der Waals surface area contributed by atoms with Crippen LogP contribution in [0, 0.1) is 17.0 Å². The highest BCUT2D eigenvalue weighted by molar-refractivity contribution is 6.46. The number of rotatable bonds is 8. The van der Waals surface area contributed by atoms with E-state index >= 15 is 0 Å². The van der Waals surface area contributed by atoms with Gasteiger partial charge in [0.25, 0.3) is 17.4 Å². The van der Waals surface area contributed by atoms with E-state index in [0.717, 1.165) is 10.5 Å². The smallest absolute Gasteiger partial charge is 0.295 e. The Labute approximate surface area is 178 Å². The van der Waals surface area contributed by atoms with Crippen molar-refractivity contribution in [2.24, 2.45) is 0 Å². The quantitative estimate of drug-likeness (QED) is 0.165. The van der Waals surface area contributed by atoms with Gasteiger partial charge in [0.05, 0.1) is 41.9 Å². The van der Waals surface area contributed by atoms with Crippen LogP contribution in [0.4, 0.5) is 5.69 Å². The van der Waals surface area contributed by atoms with Crippen molar-refractivity contribution >= 4 is 23.1 Å². The highest BCUT2D eigenvalue weighted by atomic mass is 16.6. The van der Waals surface area contributed by atoms with Gasteiger partial charge in [0, 0.05) is 18.2 Å². The number of amides is 1. The summed E-state index contributed by atoms with van der Waals surface area (Å²) in [6, 6.07) is 11.3. The van der Waals surface area contributed by atoms with Gasteiger partial charge in [-0.25, -0.2) is 0 Å². The molecule has 2 aromatic rings. The molecule has 1 amide bonds. The van der Waals surface area contributed by atoms with Crippen LogP contribution in [0.1, 0.15) is 22.7 Å². The van der Waals surface area contributed by atoms with Crippen molar-refractivity contribution in [1.29, 1.82) is 0 Å². The van der Waals surface area contributed by atoms with E-state index < -0.39 is 28.4 Å². The number of aliphatic hydroxyl groups is 2. The number of aliphatic hydroxyl groups excluding tert-OH is 2. The Kier molecular flexibility index (Phi) is 6.78. The predicted molar refractivity (Wildman–Crippen MR) is 111 cm³/mol. The Balaban J connectivity index is 2.15. The largest absolute Gasteiger partial charge is 0.507 e. The first-order valence-corrected chi connectivity index (χ1v) is 9.64. The summed E-state index contributed by atoms with van der Waals surface area (Å²) in [4.78, 5) is 37.9. The van der Waals surface area contributed by atoms with Crippen molar-refractivity contribution < 1.29 is 29.5 Å². The molecule has 2 N–H and O–H groups in total. The summed E-state index contributed by atoms with van der Waals surface area (Å²) in [6.07, 6.45) is 0. The van der Waals surface area contributed by atoms with E-state index in [1.807, 2.05) is 6.92 Å². The molecule has 1 atom stereocenters. The van der Waals surface area contributed by atoms with Gasteiger partial charge in [0.15, 0.2) is 0 Å². The lowest BCUT2D eigenvalue weighted by Gasteiger charge is -2.25. The summed E-state index contributed by atoms with van der Waals surface area (Å²) in [5.41, 5.74) is 0.885. The molecule has 0 radical (unpaired) electrons. The van der Waals surface area contributed by atoms with Gasteiger partial charge in [-0.2, -0.15) is 0 Å². The highest BCUT2D eigenvalue weighted by Gasteiger charge is 2.47. The topological polar surface area (TPSA) is 130 Å². The number of nitrogens with zero attached hydrogens (tertiary/aromatic N) is 2. The second-order valence-corrected chi connectivity index (χ2v) is 7.01. The average molecular weight is 426 g/mol. The summed E-state index contributed by atoms with van der Waals surface area (Å²) in [6.45, 7) is 1.66. The van der Waals surface area contributed by atoms with Crippen molar-refractivity contribution in [2.75, 3.05) is 26.4 Å². The minimum absolute atomic E-state index is 0.00921. The third-order valence-corrected chi connectivity index (χ3v) is 5.01. The van der Waals surface area contributed by atoms with Crippen LogP contribution in [0.25, 0.3) is 5.76 Å². The zero-order valence-electron chi connectivity index (χ0n) is 16.9. The van der Waals surface area contributed by atoms with E-state index in [2.05, 4.69) is 0 Å². The molecule has 9 nitrogen and oxygen atoms in total. The lowest BCUT2D eigenvalue weighted by atomic mass is 9.94. The first-order valence-electron chi connectivity index (χ1n) is 9.64. The fourth-order valence-electron chi connectivity index (χ4n) is 3.52. The molecule has 1 aliphatic rings. The minimum Gasteiger partial charge on any atom is -0.507 e. The SMILES string of the molecule is Cc1ccc(C(O)=C2C(=O)C(=O)N(CCOCCO)C2c2ccccc2[N+](=O)[O-])cc1. The van der Waals surface area contributed by atoms with Gasteiger partial charge >= 0.3 is 0 Å². The number of ether oxygens (including phenoxy) is 1. The van der Waals surface area contributed by atoms with Crippen LogP contribution in [-0.4, -0.2) is 58.1 Å². The molecule has 2 aromatic carbocycles. The van der Waals surface area contributed by atoms with Crippen LogP contribution in [0.3, 0.4) is 0 Å². The molecule has 9 heteroatoms. The van der Waals surface area contributed by atoms with Gasteiger partial charge in [-0.1, -0.05) is 42.0 Å². The molecule has 162 valence electrons. The van der Waals surface area contributed by atoms with E-state index in [1.165, 1.54) is 18.2 Å². The number of para-hydroxylation sites is 1. The zero-order chi connectivity index (χ0) is 22.5. The van der Waals surface area contributed by atoms with Gasteiger partial charge in [-0.15, -0.1) is 0 Å². The molecule has 0 aliphatic carbocycles. The normalized spacial score (nSPS) is 17.9. The van der Waals surface area contributed by atoms with Crippen LogP contribution >= 0.6 is 0 Å². The van der Waals surface area contributed by atoms with Gasteiger partial charge in [0.1, 0.15) is 5.76 Å². The monoisotopic (exact) mass is 426 g/mol. The predicted octanol–water partition coefficient (Wildman–Crippen LogP) is 2.33. The van der Waals surface area contributed by atoms with E-state index in [-0.39, 0.29) is 43.2 Å². The number of nitro benzene ring substituents is 1. The Bertz CT molecular complexity index is 1030. The first kappa shape index (κ1) is 22.1. The van der Waals surface area contributed by atoms with Crippen LogP contribution in [0.2, 0.25) is 0 Å². The van der Waals surface area contributed by atoms with Crippen molar-refractivity contribution in [3.8, 4) is 0 Å². The van der Waals surface area contributed by atoms with Crippen LogP contribution in [0.15, 0.2) is 54.1 Å². The number of hydrogen-bond donors (Lipinski definition) is 2. The van der Waals surface area contributed by atoms with Crippen LogP contribution in [0.5, 0.6) is 0 Å². The fraction of sp³-hybridized carbons (Fsp3) is 0.273. The Morgan fingerprint density at radius 2 is 1.81 bits per heavy atom. The molecule has 1 aliphatic heterocycles. The third-order valence-electron chi connectivity index (χ3n) is 5.01. The molecule has 0 saturated carbocycles. The number of nitro groups is 1. The third kappa shape index (κ3) is 4.47. The molecule has 3 rings (SSSR count). The van der Waals surface area contributed by atoms with Crippen molar-refractivity contribution in [1.82, 2.24) is 4.90 Å². The maximum atomic E-state index is 12.9. The molecule has 1 heterocycles. The number of carbonyl (C=O) groups excluding carboxylic acids is 2. The summed E-state index contributed by atoms with van der Waals surface area (Å²) < 4.78 is 5.22. The van der Waals surface area contributed by atoms with Gasteiger partial charge in [0.2, 0.25) is 0 Å². The molecule has 31 heavy (non-hydrogen) atoms. The average Bonchev–Trinajstić information content (AvgIpc) is 3.01. The lowest BCUT2D eigenvalue weighted by molar-refractivity contribution is -0.385. The van der Waals surface area contributed by atoms with Crippen LogP contribution < -0.4 is 0 Å². The van der Waals surface area contributed by atoms with Gasteiger partial charge in [-0.05, 0) is 13.0 Å². The second kappa shape index (κ2) is 9.50. The molecular formula is C22H22N2O7. The van der Waals surface area contributed by atoms with Crippen molar-refractivity contribution in [3.63, 3.8) is 0 Å². The highest BCUT2D eigenvalue weighted by Crippen LogP contribution is 2.42. The lowest BCUT2D eigenvalue weighted by Crippen LogP contribution is -2.33. The Morgan fingerprint density at radius 3 is 2.45 bits per heavy atom. The maximum Gasteiger partial charge on any atom is 0.295 e. The number of likely N-dealkylation sites (tertiary alicyclic amines) is 1. The standard InChI is InChI=1S/C22H22N2O7/c1-14-6-8-15(9-7-14)20(26)18-19(16-4-2-3-5-17(16)24(29)30)23(22(28)21(18)27)10-12-31-13-11-25/h2-9,19,25-26H,10-13H2,1H3. The number of hydrogen-bond acceptors (Lipinski definition) is 7. The minimum atomic E-state index is -1.15. The van der Waals surface area contributed by atoms with Gasteiger partial charge < -0.3 is 19.8 Å². The molecular weight excluding hydrogens is 404 g/mol. The first-order chi connectivity index (χ1) is 14.9. The second-order valence-electron chi connectivity index (χ2n) is 7.01. The molecule has 1 saturated heterocycles. The van der Waals surface area contributed by atoms with Crippen molar-refractivity contribution in [3.05, 3.63) is 80.9 Å². The van der Waals surface area contributed by atoms with Crippen LogP contribution in [-0.2, 0) is 14.3 Å². The number of ketones is 1. The molecule has 1 fully saturated rings. The maximum absolute atomic E-state index is 12.9. The number of aryl methyl sites for hydroxylation is 1. The summed E-state index contributed by atoms with van der Waals surface area (Å²) in [5, 5.41) is 31.4. The Hall–Kier alpha value is -3.56. The fourth-order valence-corrected chi connectivity index (χ4v) is 3.52. The zero-order valence-corrected chi connectivity index (χ0v) is 16.9. The van der Waals surface area contributed by atoms with Crippen molar-refractivity contribution in [2.45, 2.75) is 13.0 Å². The van der Waals surface area contributed by atoms with E-state index in [9.17, 15) is 24.8 Å². The summed E-state index contributed by atoms with van der Waals surface area (Å²) in [5.74, 6) is -2.21. The van der Waals surface area contributed by atoms with Gasteiger partial charge in [-0.3, -0.25) is 19.7 Å². The van der Waals surface area contributed by atoms with E-state index in [0.29, 0.717) is 5.56 Å². The molecule has 1 unspecified atom stereocenters.